The summed E-state index contributed by atoms with van der Waals surface area (Å²) in [5, 5.41) is 0. The van der Waals surface area contributed by atoms with E-state index in [1.165, 1.54) is 0 Å². The molecule has 66 valence electrons. The van der Waals surface area contributed by atoms with Gasteiger partial charge in [0.25, 0.3) is 0 Å². The molecule has 1 aromatic carbocycles. The van der Waals surface area contributed by atoms with Crippen LogP contribution in [0, 0.1) is 41.4 Å². The Labute approximate surface area is 82.6 Å². The molecule has 0 N–H and O–H groups in total. The van der Waals surface area contributed by atoms with Gasteiger partial charge in [0, 0.05) is 6.85 Å². The van der Waals surface area contributed by atoms with Gasteiger partial charge >= 0.3 is 0 Å². The van der Waals surface area contributed by atoms with Gasteiger partial charge in [-0.1, -0.05) is 0 Å². The predicted molar refractivity (Wildman–Crippen MR) is 54.9 cm³/mol. The van der Waals surface area contributed by atoms with E-state index in [0.29, 0.717) is 5.56 Å². The van der Waals surface area contributed by atoms with E-state index < -0.39 is 0 Å². The zero-order valence-electron chi connectivity index (χ0n) is 12.5. The van der Waals surface area contributed by atoms with Crippen molar-refractivity contribution in [3.05, 3.63) is 33.4 Å². The van der Waals surface area contributed by atoms with E-state index in [9.17, 15) is 0 Å². The summed E-state index contributed by atoms with van der Waals surface area (Å²) in [4.78, 5) is 0. The molecule has 1 rings (SSSR count). The van der Waals surface area contributed by atoms with Crippen molar-refractivity contribution >= 4 is 0 Å². The van der Waals surface area contributed by atoms with E-state index in [-0.39, 0.29) is 34.5 Å². The fraction of sp³-hybridized carbons (Fsp3) is 0.500. The average Bonchev–Trinajstić information content (AvgIpc) is 2.36. The van der Waals surface area contributed by atoms with Crippen molar-refractivity contribution in [3.63, 3.8) is 0 Å². The molecule has 0 bridgehead atoms. The van der Waals surface area contributed by atoms with Gasteiger partial charge in [0.15, 0.2) is 0 Å². The number of hydrogen-bond donors (Lipinski definition) is 0. The first-order valence-corrected chi connectivity index (χ1v) is 3.77. The summed E-state index contributed by atoms with van der Waals surface area (Å²) in [5.41, 5.74) is 4.59. The molecule has 0 aromatic heterocycles. The summed E-state index contributed by atoms with van der Waals surface area (Å²) in [6, 6.07) is 0. The molecule has 0 saturated carbocycles. The third kappa shape index (κ3) is 1.16. The lowest BCUT2D eigenvalue weighted by Gasteiger charge is -2.15. The normalized spacial score (nSPS) is 15.9. The predicted octanol–water partition coefficient (Wildman–Crippen LogP) is 3.54. The molecule has 0 aliphatic heterocycles. The Morgan fingerprint density at radius 1 is 0.583 bits per heavy atom. The fourth-order valence-electron chi connectivity index (χ4n) is 1.18. The maximum atomic E-state index is 7.56. The Balaban J connectivity index is 3.66. The molecule has 0 fully saturated rings. The van der Waals surface area contributed by atoms with Crippen molar-refractivity contribution in [1.82, 2.24) is 0 Å². The summed E-state index contributed by atoms with van der Waals surface area (Å²) in [6.45, 7) is 2.16. The standard InChI is InChI=1S/C12H18/c1-7-8(2)10(4)12(6)11(5)9(7)3/h1-6H3/i1D,2D,3D,4D,5D. The van der Waals surface area contributed by atoms with E-state index >= 15 is 0 Å². The highest BCUT2D eigenvalue weighted by atomic mass is 14.1. The average molecular weight is 167 g/mol. The molecule has 0 aliphatic carbocycles. The van der Waals surface area contributed by atoms with Gasteiger partial charge in [-0.05, 0) is 74.8 Å². The summed E-state index contributed by atoms with van der Waals surface area (Å²) in [5.74, 6) is 0. The lowest BCUT2D eigenvalue weighted by molar-refractivity contribution is 1.13. The van der Waals surface area contributed by atoms with Gasteiger partial charge < -0.3 is 0 Å². The van der Waals surface area contributed by atoms with Crippen LogP contribution in [0.5, 0.6) is 0 Å². The second kappa shape index (κ2) is 2.93. The molecule has 0 heterocycles. The van der Waals surface area contributed by atoms with Crippen LogP contribution in [0.25, 0.3) is 0 Å². The van der Waals surface area contributed by atoms with Crippen molar-refractivity contribution in [3.8, 4) is 0 Å². The Kier molecular flexibility index (Phi) is 1.09. The van der Waals surface area contributed by atoms with Crippen molar-refractivity contribution < 1.29 is 6.85 Å². The molecular weight excluding hydrogens is 144 g/mol. The number of hydrogen-bond acceptors (Lipinski definition) is 0. The molecule has 1 aromatic rings. The molecule has 0 amide bonds. The first-order chi connectivity index (χ1) is 8.15. The molecule has 0 nitrogen and oxygen atoms in total. The second-order valence-corrected chi connectivity index (χ2v) is 3.02. The van der Waals surface area contributed by atoms with Crippen LogP contribution in [0.15, 0.2) is 0 Å². The summed E-state index contributed by atoms with van der Waals surface area (Å²) >= 11 is 0. The van der Waals surface area contributed by atoms with Gasteiger partial charge in [-0.25, -0.2) is 0 Å². The highest BCUT2D eigenvalue weighted by Gasteiger charge is 2.07. The number of benzene rings is 1. The minimum atomic E-state index is 0.0305. The van der Waals surface area contributed by atoms with Gasteiger partial charge in [-0.2, -0.15) is 0 Å². The maximum Gasteiger partial charge on any atom is 0.0280 e. The molecule has 12 heavy (non-hydrogen) atoms. The van der Waals surface area contributed by atoms with E-state index in [2.05, 4.69) is 0 Å². The van der Waals surface area contributed by atoms with E-state index in [4.69, 9.17) is 6.85 Å². The van der Waals surface area contributed by atoms with Crippen LogP contribution in [-0.4, -0.2) is 0 Å². The van der Waals surface area contributed by atoms with Gasteiger partial charge in [-0.15, -0.1) is 0 Å². The topological polar surface area (TPSA) is 0 Å². The van der Waals surface area contributed by atoms with Crippen LogP contribution in [-0.2, 0) is 0 Å². The molecular formula is C12H18. The van der Waals surface area contributed by atoms with Crippen LogP contribution < -0.4 is 0 Å². The molecule has 0 atom stereocenters. The zero-order valence-corrected chi connectivity index (χ0v) is 7.54. The molecule has 0 spiro atoms. The SMILES string of the molecule is [2H]Cc1c(C)c(C[2H])c(C[2H])c(C[2H])c1C[2H]. The smallest absolute Gasteiger partial charge is 0.0280 e. The number of rotatable bonds is 0. The highest BCUT2D eigenvalue weighted by Crippen LogP contribution is 2.24. The molecule has 0 saturated heterocycles. The first-order valence-electron chi connectivity index (χ1n) is 7.30. The van der Waals surface area contributed by atoms with Gasteiger partial charge in [0.05, 0.1) is 0 Å². The van der Waals surface area contributed by atoms with Crippen molar-refractivity contribution in [1.29, 1.82) is 0 Å². The lowest BCUT2D eigenvalue weighted by atomic mass is 9.90. The summed E-state index contributed by atoms with van der Waals surface area (Å²) in [6.07, 6.45) is 0. The largest absolute Gasteiger partial charge is 0.0447 e. The van der Waals surface area contributed by atoms with Crippen LogP contribution in [0.1, 0.15) is 40.2 Å². The summed E-state index contributed by atoms with van der Waals surface area (Å²) in [7, 11) is 0. The zero-order chi connectivity index (χ0) is 13.0. The maximum absolute atomic E-state index is 7.56. The van der Waals surface area contributed by atoms with Crippen LogP contribution >= 0.6 is 0 Å². The minimum absolute atomic E-state index is 0.0305. The molecule has 0 heteroatoms. The molecule has 0 unspecified atom stereocenters. The van der Waals surface area contributed by atoms with Gasteiger partial charge in [-0.3, -0.25) is 0 Å². The molecule has 0 aliphatic rings. The molecule has 0 radical (unpaired) electrons. The van der Waals surface area contributed by atoms with Gasteiger partial charge in [0.2, 0.25) is 0 Å². The van der Waals surface area contributed by atoms with Crippen LogP contribution in [0.4, 0.5) is 0 Å². The third-order valence-corrected chi connectivity index (χ3v) is 2.36. The first kappa shape index (κ1) is 4.45. The Morgan fingerprint density at radius 2 is 0.833 bits per heavy atom. The minimum Gasteiger partial charge on any atom is -0.0447 e. The lowest BCUT2D eigenvalue weighted by Crippen LogP contribution is -1.98. The fourth-order valence-corrected chi connectivity index (χ4v) is 1.18. The monoisotopic (exact) mass is 167 g/mol. The van der Waals surface area contributed by atoms with Gasteiger partial charge in [0.1, 0.15) is 0 Å². The van der Waals surface area contributed by atoms with Crippen molar-refractivity contribution in [2.45, 2.75) is 41.4 Å². The van der Waals surface area contributed by atoms with E-state index in [1.54, 1.807) is 0 Å². The second-order valence-electron chi connectivity index (χ2n) is 3.02. The third-order valence-electron chi connectivity index (χ3n) is 2.36. The van der Waals surface area contributed by atoms with E-state index in [1.807, 2.05) is 6.92 Å². The summed E-state index contributed by atoms with van der Waals surface area (Å²) < 4.78 is 37.8. The Morgan fingerprint density at radius 3 is 1.08 bits per heavy atom. The Bertz CT molecular complexity index is 367. The van der Waals surface area contributed by atoms with E-state index in [0.717, 1.165) is 27.8 Å². The van der Waals surface area contributed by atoms with Crippen LogP contribution in [0.3, 0.4) is 0 Å². The van der Waals surface area contributed by atoms with Crippen molar-refractivity contribution in [2.24, 2.45) is 0 Å². The quantitative estimate of drug-likeness (QED) is 0.554. The highest BCUT2D eigenvalue weighted by molar-refractivity contribution is 5.48. The van der Waals surface area contributed by atoms with Crippen LogP contribution in [0.2, 0.25) is 0 Å². The van der Waals surface area contributed by atoms with Crippen molar-refractivity contribution in [2.75, 3.05) is 0 Å². The Hall–Kier alpha value is -0.780.